The van der Waals surface area contributed by atoms with Crippen molar-refractivity contribution in [3.63, 3.8) is 0 Å². The Morgan fingerprint density at radius 3 is 2.40 bits per heavy atom. The van der Waals surface area contributed by atoms with Crippen LogP contribution in [0.5, 0.6) is 0 Å². The van der Waals surface area contributed by atoms with Crippen molar-refractivity contribution in [3.05, 3.63) is 23.3 Å². The van der Waals surface area contributed by atoms with Gasteiger partial charge in [0.2, 0.25) is 10.0 Å². The summed E-state index contributed by atoms with van der Waals surface area (Å²) in [7, 11) is -3.85. The maximum Gasteiger partial charge on any atom is 0.389 e. The quantitative estimate of drug-likeness (QED) is 0.648. The molecule has 0 saturated heterocycles. The van der Waals surface area contributed by atoms with Gasteiger partial charge in [0.05, 0.1) is 4.90 Å². The molecule has 0 saturated carbocycles. The molecule has 8 heteroatoms. The molecule has 114 valence electrons. The van der Waals surface area contributed by atoms with Crippen LogP contribution in [0.2, 0.25) is 0 Å². The zero-order valence-electron chi connectivity index (χ0n) is 11.2. The average Bonchev–Trinajstić information content (AvgIpc) is 2.28. The fourth-order valence-corrected chi connectivity index (χ4v) is 3.14. The van der Waals surface area contributed by atoms with E-state index in [4.69, 9.17) is 5.73 Å². The Bertz CT molecular complexity index is 583. The molecule has 0 unspecified atom stereocenters. The molecule has 0 amide bonds. The topological polar surface area (TPSA) is 72.2 Å². The van der Waals surface area contributed by atoms with Crippen molar-refractivity contribution in [1.82, 2.24) is 4.72 Å². The number of sulfonamides is 1. The smallest absolute Gasteiger partial charge is 0.389 e. The summed E-state index contributed by atoms with van der Waals surface area (Å²) in [5, 5.41) is 0. The lowest BCUT2D eigenvalue weighted by molar-refractivity contribution is -0.135. The summed E-state index contributed by atoms with van der Waals surface area (Å²) in [5.74, 6) is 0. The Morgan fingerprint density at radius 1 is 1.25 bits per heavy atom. The number of nitrogens with two attached hydrogens (primary N) is 1. The first-order valence-electron chi connectivity index (χ1n) is 5.96. The third-order valence-corrected chi connectivity index (χ3v) is 4.35. The summed E-state index contributed by atoms with van der Waals surface area (Å²) in [4.78, 5) is 0.00186. The minimum atomic E-state index is -4.28. The van der Waals surface area contributed by atoms with Crippen molar-refractivity contribution in [2.45, 2.75) is 37.8 Å². The maximum atomic E-state index is 12.0. The van der Waals surface area contributed by atoms with Crippen LogP contribution in [-0.4, -0.2) is 21.1 Å². The standard InChI is InChI=1S/C12H17F3N2O2S/c1-8-6-10(16)9(2)11(7-8)20(18,19)17-5-3-4-12(13,14)15/h6-7,17H,3-5,16H2,1-2H3. The highest BCUT2D eigenvalue weighted by atomic mass is 32.2. The van der Waals surface area contributed by atoms with E-state index in [2.05, 4.69) is 4.72 Å². The Morgan fingerprint density at radius 2 is 1.85 bits per heavy atom. The molecule has 0 bridgehead atoms. The normalized spacial score (nSPS) is 12.7. The lowest BCUT2D eigenvalue weighted by Crippen LogP contribution is -2.26. The maximum absolute atomic E-state index is 12.0. The van der Waals surface area contributed by atoms with Crippen molar-refractivity contribution in [2.75, 3.05) is 12.3 Å². The summed E-state index contributed by atoms with van der Waals surface area (Å²) < 4.78 is 62.2. The van der Waals surface area contributed by atoms with Crippen molar-refractivity contribution in [3.8, 4) is 0 Å². The number of halogens is 3. The Labute approximate surface area is 116 Å². The first-order valence-corrected chi connectivity index (χ1v) is 7.44. The molecule has 20 heavy (non-hydrogen) atoms. The van der Waals surface area contributed by atoms with E-state index < -0.39 is 22.6 Å². The number of hydrogen-bond donors (Lipinski definition) is 2. The van der Waals surface area contributed by atoms with Gasteiger partial charge < -0.3 is 5.73 Å². The second-order valence-corrected chi connectivity index (χ2v) is 6.33. The number of rotatable bonds is 5. The van der Waals surface area contributed by atoms with Crippen LogP contribution in [0.15, 0.2) is 17.0 Å². The van der Waals surface area contributed by atoms with Crippen LogP contribution in [0.4, 0.5) is 18.9 Å². The zero-order chi connectivity index (χ0) is 15.6. The number of aryl methyl sites for hydroxylation is 1. The summed E-state index contributed by atoms with van der Waals surface area (Å²) in [6.45, 7) is 2.98. The molecule has 3 N–H and O–H groups in total. The first-order chi connectivity index (χ1) is 9.03. The molecule has 0 aromatic heterocycles. The molecule has 0 fully saturated rings. The summed E-state index contributed by atoms with van der Waals surface area (Å²) in [5.41, 5.74) is 7.08. The Hall–Kier alpha value is -1.28. The number of anilines is 1. The second-order valence-electron chi connectivity index (χ2n) is 4.59. The monoisotopic (exact) mass is 310 g/mol. The second kappa shape index (κ2) is 6.01. The van der Waals surface area contributed by atoms with E-state index in [9.17, 15) is 21.6 Å². The highest BCUT2D eigenvalue weighted by molar-refractivity contribution is 7.89. The molecule has 1 aromatic rings. The molecule has 0 atom stereocenters. The predicted octanol–water partition coefficient (Wildman–Crippen LogP) is 2.51. The van der Waals surface area contributed by atoms with E-state index in [-0.39, 0.29) is 17.9 Å². The van der Waals surface area contributed by atoms with E-state index >= 15 is 0 Å². The van der Waals surface area contributed by atoms with Crippen LogP contribution < -0.4 is 10.5 Å². The van der Waals surface area contributed by atoms with E-state index in [1.165, 1.54) is 6.07 Å². The van der Waals surface area contributed by atoms with Gasteiger partial charge in [-0.2, -0.15) is 13.2 Å². The number of benzene rings is 1. The van der Waals surface area contributed by atoms with Gasteiger partial charge in [-0.1, -0.05) is 0 Å². The van der Waals surface area contributed by atoms with Crippen molar-refractivity contribution in [1.29, 1.82) is 0 Å². The van der Waals surface area contributed by atoms with Crippen LogP contribution >= 0.6 is 0 Å². The minimum absolute atomic E-state index is 0.00186. The summed E-state index contributed by atoms with van der Waals surface area (Å²) in [6, 6.07) is 3.08. The molecule has 1 rings (SSSR count). The number of nitrogens with one attached hydrogen (secondary N) is 1. The predicted molar refractivity (Wildman–Crippen MR) is 70.8 cm³/mol. The molecule has 0 aliphatic heterocycles. The van der Waals surface area contributed by atoms with E-state index in [1.54, 1.807) is 19.9 Å². The van der Waals surface area contributed by atoms with Gasteiger partial charge in [-0.25, -0.2) is 13.1 Å². The van der Waals surface area contributed by atoms with Gasteiger partial charge in [0.15, 0.2) is 0 Å². The number of hydrogen-bond acceptors (Lipinski definition) is 3. The van der Waals surface area contributed by atoms with Crippen molar-refractivity contribution >= 4 is 15.7 Å². The fraction of sp³-hybridized carbons (Fsp3) is 0.500. The molecule has 4 nitrogen and oxygen atoms in total. The number of nitrogen functional groups attached to an aromatic ring is 1. The first kappa shape index (κ1) is 16.8. The molecular formula is C12H17F3N2O2S. The van der Waals surface area contributed by atoms with Crippen LogP contribution in [0.25, 0.3) is 0 Å². The van der Waals surface area contributed by atoms with Gasteiger partial charge in [0.1, 0.15) is 0 Å². The highest BCUT2D eigenvalue weighted by Gasteiger charge is 2.26. The van der Waals surface area contributed by atoms with E-state index in [1.807, 2.05) is 0 Å². The number of alkyl halides is 3. The van der Waals surface area contributed by atoms with Crippen LogP contribution in [0.1, 0.15) is 24.0 Å². The Balaban J connectivity index is 2.80. The van der Waals surface area contributed by atoms with Gasteiger partial charge in [0.25, 0.3) is 0 Å². The molecule has 0 spiro atoms. The third kappa shape index (κ3) is 4.68. The zero-order valence-corrected chi connectivity index (χ0v) is 12.0. The largest absolute Gasteiger partial charge is 0.398 e. The molecular weight excluding hydrogens is 293 g/mol. The fourth-order valence-electron chi connectivity index (χ4n) is 1.70. The highest BCUT2D eigenvalue weighted by Crippen LogP contribution is 2.23. The van der Waals surface area contributed by atoms with E-state index in [0.717, 1.165) is 0 Å². The molecule has 0 aliphatic carbocycles. The third-order valence-electron chi connectivity index (χ3n) is 2.76. The molecule has 0 aliphatic rings. The minimum Gasteiger partial charge on any atom is -0.398 e. The lowest BCUT2D eigenvalue weighted by Gasteiger charge is -2.12. The molecule has 1 aromatic carbocycles. The molecule has 0 radical (unpaired) electrons. The molecule has 0 heterocycles. The summed E-state index contributed by atoms with van der Waals surface area (Å²) in [6.07, 6.45) is -5.61. The average molecular weight is 310 g/mol. The van der Waals surface area contributed by atoms with Gasteiger partial charge in [-0.05, 0) is 43.5 Å². The SMILES string of the molecule is Cc1cc(N)c(C)c(S(=O)(=O)NCCCC(F)(F)F)c1. The van der Waals surface area contributed by atoms with Crippen molar-refractivity contribution in [2.24, 2.45) is 0 Å². The van der Waals surface area contributed by atoms with Gasteiger partial charge in [-0.3, -0.25) is 0 Å². The summed E-state index contributed by atoms with van der Waals surface area (Å²) >= 11 is 0. The van der Waals surface area contributed by atoms with Gasteiger partial charge in [-0.15, -0.1) is 0 Å². The van der Waals surface area contributed by atoms with E-state index in [0.29, 0.717) is 16.8 Å². The van der Waals surface area contributed by atoms with Crippen LogP contribution in [-0.2, 0) is 10.0 Å². The lowest BCUT2D eigenvalue weighted by atomic mass is 10.1. The van der Waals surface area contributed by atoms with Gasteiger partial charge in [0, 0.05) is 18.7 Å². The van der Waals surface area contributed by atoms with Gasteiger partial charge >= 0.3 is 6.18 Å². The van der Waals surface area contributed by atoms with Crippen LogP contribution in [0, 0.1) is 13.8 Å². The Kier molecular flexibility index (Phi) is 5.04. The van der Waals surface area contributed by atoms with Crippen LogP contribution in [0.3, 0.4) is 0 Å². The van der Waals surface area contributed by atoms with Crippen molar-refractivity contribution < 1.29 is 21.6 Å².